The summed E-state index contributed by atoms with van der Waals surface area (Å²) in [6.07, 6.45) is 2.60. The maximum Gasteiger partial charge on any atom is 0.346 e. The van der Waals surface area contributed by atoms with E-state index in [0.29, 0.717) is 30.3 Å². The average molecular weight is 452 g/mol. The first-order valence-electron chi connectivity index (χ1n) is 9.96. The third-order valence-electron chi connectivity index (χ3n) is 5.51. The second kappa shape index (κ2) is 8.35. The van der Waals surface area contributed by atoms with Gasteiger partial charge in [-0.25, -0.2) is 22.2 Å². The lowest BCUT2D eigenvalue weighted by Gasteiger charge is -2.30. The molecule has 4 rings (SSSR count). The highest BCUT2D eigenvalue weighted by Crippen LogP contribution is 2.32. The molecule has 1 aromatic carbocycles. The maximum atomic E-state index is 12.6. The molecular formula is C19H25N5O6S. The standard InChI is InChI=1S/C19H25N5O6S/c1-22-18(14-4-3-7-23(10-14)31(2,27)28)21-24(19(22)26)11-17(25)20-9-13-5-6-15-16(8-13)30-12-29-15/h5-6,8,14H,3-4,7,9-12H2,1-2H3,(H,20,25)/t14-/m1/s1. The molecule has 0 radical (unpaired) electrons. The summed E-state index contributed by atoms with van der Waals surface area (Å²) in [7, 11) is -1.72. The molecule has 1 N–H and O–H groups in total. The van der Waals surface area contributed by atoms with Crippen LogP contribution in [0, 0.1) is 0 Å². The Bertz CT molecular complexity index is 1160. The molecule has 12 heteroatoms. The minimum atomic E-state index is -3.31. The number of benzene rings is 1. The number of hydrogen-bond acceptors (Lipinski definition) is 7. The van der Waals surface area contributed by atoms with Crippen molar-refractivity contribution in [2.24, 2.45) is 7.05 Å². The van der Waals surface area contributed by atoms with E-state index in [-0.39, 0.29) is 38.3 Å². The highest BCUT2D eigenvalue weighted by Gasteiger charge is 2.30. The van der Waals surface area contributed by atoms with Gasteiger partial charge >= 0.3 is 5.69 Å². The number of hydrogen-bond donors (Lipinski definition) is 1. The molecule has 0 saturated carbocycles. The van der Waals surface area contributed by atoms with Crippen LogP contribution in [0.5, 0.6) is 11.5 Å². The Hall–Kier alpha value is -2.86. The normalized spacial score (nSPS) is 18.8. The number of piperidine rings is 1. The van der Waals surface area contributed by atoms with Crippen LogP contribution in [-0.2, 0) is 35.0 Å². The van der Waals surface area contributed by atoms with Crippen molar-refractivity contribution in [3.63, 3.8) is 0 Å². The predicted octanol–water partition coefficient (Wildman–Crippen LogP) is -0.234. The van der Waals surface area contributed by atoms with Crippen molar-refractivity contribution in [2.45, 2.75) is 31.8 Å². The third-order valence-corrected chi connectivity index (χ3v) is 6.78. The Morgan fingerprint density at radius 1 is 1.29 bits per heavy atom. The van der Waals surface area contributed by atoms with Crippen molar-refractivity contribution < 1.29 is 22.7 Å². The zero-order valence-corrected chi connectivity index (χ0v) is 18.2. The number of aromatic nitrogens is 3. The van der Waals surface area contributed by atoms with E-state index < -0.39 is 15.7 Å². The number of fused-ring (bicyclic) bond motifs is 1. The molecule has 2 aliphatic heterocycles. The Labute approximate surface area is 179 Å². The second-order valence-electron chi connectivity index (χ2n) is 7.78. The fourth-order valence-electron chi connectivity index (χ4n) is 3.86. The molecule has 1 atom stereocenters. The quantitative estimate of drug-likeness (QED) is 0.643. The molecule has 2 aliphatic rings. The van der Waals surface area contributed by atoms with Crippen LogP contribution in [0.15, 0.2) is 23.0 Å². The smallest absolute Gasteiger partial charge is 0.346 e. The van der Waals surface area contributed by atoms with Crippen LogP contribution in [0.1, 0.15) is 30.1 Å². The van der Waals surface area contributed by atoms with Gasteiger partial charge in [0.05, 0.1) is 6.26 Å². The predicted molar refractivity (Wildman–Crippen MR) is 110 cm³/mol. The molecule has 1 fully saturated rings. The summed E-state index contributed by atoms with van der Waals surface area (Å²) < 4.78 is 38.3. The number of rotatable bonds is 6. The van der Waals surface area contributed by atoms with E-state index in [9.17, 15) is 18.0 Å². The maximum absolute atomic E-state index is 12.6. The minimum Gasteiger partial charge on any atom is -0.454 e. The summed E-state index contributed by atoms with van der Waals surface area (Å²) in [5, 5.41) is 7.11. The van der Waals surface area contributed by atoms with E-state index in [2.05, 4.69) is 10.4 Å². The van der Waals surface area contributed by atoms with Crippen molar-refractivity contribution in [2.75, 3.05) is 26.1 Å². The molecule has 1 amide bonds. The Morgan fingerprint density at radius 2 is 2.06 bits per heavy atom. The molecule has 2 aromatic rings. The molecule has 3 heterocycles. The summed E-state index contributed by atoms with van der Waals surface area (Å²) in [4.78, 5) is 25.0. The lowest BCUT2D eigenvalue weighted by atomic mass is 9.99. The van der Waals surface area contributed by atoms with E-state index in [1.807, 2.05) is 6.07 Å². The summed E-state index contributed by atoms with van der Waals surface area (Å²) in [6.45, 7) is 0.973. The molecule has 168 valence electrons. The zero-order chi connectivity index (χ0) is 22.2. The molecule has 0 unspecified atom stereocenters. The van der Waals surface area contributed by atoms with Gasteiger partial charge in [0.1, 0.15) is 12.4 Å². The molecule has 0 bridgehead atoms. The fraction of sp³-hybridized carbons (Fsp3) is 0.526. The van der Waals surface area contributed by atoms with E-state index >= 15 is 0 Å². The van der Waals surface area contributed by atoms with E-state index in [0.717, 1.165) is 16.7 Å². The van der Waals surface area contributed by atoms with Crippen molar-refractivity contribution in [1.29, 1.82) is 0 Å². The Kier molecular flexibility index (Phi) is 5.75. The number of ether oxygens (including phenoxy) is 2. The van der Waals surface area contributed by atoms with Gasteiger partial charge in [0.15, 0.2) is 11.5 Å². The van der Waals surface area contributed by atoms with Crippen LogP contribution in [0.2, 0.25) is 0 Å². The van der Waals surface area contributed by atoms with Crippen LogP contribution >= 0.6 is 0 Å². The van der Waals surface area contributed by atoms with Gasteiger partial charge in [-0.1, -0.05) is 6.07 Å². The van der Waals surface area contributed by atoms with Gasteiger partial charge in [0, 0.05) is 32.6 Å². The molecule has 1 aromatic heterocycles. The van der Waals surface area contributed by atoms with Gasteiger partial charge in [-0.15, -0.1) is 0 Å². The Balaban J connectivity index is 1.41. The van der Waals surface area contributed by atoms with Crippen LogP contribution in [-0.4, -0.2) is 59.1 Å². The number of nitrogens with zero attached hydrogens (tertiary/aromatic N) is 4. The van der Waals surface area contributed by atoms with E-state index in [1.165, 1.54) is 15.1 Å². The lowest BCUT2D eigenvalue weighted by molar-refractivity contribution is -0.122. The number of nitrogens with one attached hydrogen (secondary N) is 1. The first kappa shape index (κ1) is 21.4. The molecule has 0 spiro atoms. The van der Waals surface area contributed by atoms with Crippen LogP contribution in [0.25, 0.3) is 0 Å². The highest BCUT2D eigenvalue weighted by molar-refractivity contribution is 7.88. The van der Waals surface area contributed by atoms with Gasteiger partial charge in [0.25, 0.3) is 0 Å². The molecule has 0 aliphatic carbocycles. The largest absolute Gasteiger partial charge is 0.454 e. The van der Waals surface area contributed by atoms with Crippen molar-refractivity contribution in [1.82, 2.24) is 24.0 Å². The average Bonchev–Trinajstić information content (AvgIpc) is 3.31. The van der Waals surface area contributed by atoms with Crippen molar-refractivity contribution in [3.8, 4) is 11.5 Å². The minimum absolute atomic E-state index is 0.180. The monoisotopic (exact) mass is 451 g/mol. The fourth-order valence-corrected chi connectivity index (χ4v) is 4.77. The number of carbonyl (C=O) groups excluding carboxylic acids is 1. The second-order valence-corrected chi connectivity index (χ2v) is 9.76. The van der Waals surface area contributed by atoms with Gasteiger partial charge in [-0.05, 0) is 30.5 Å². The van der Waals surface area contributed by atoms with Crippen LogP contribution in [0.4, 0.5) is 0 Å². The highest BCUT2D eigenvalue weighted by atomic mass is 32.2. The number of carbonyl (C=O) groups is 1. The third kappa shape index (κ3) is 4.59. The van der Waals surface area contributed by atoms with Crippen LogP contribution < -0.4 is 20.5 Å². The summed E-state index contributed by atoms with van der Waals surface area (Å²) in [6, 6.07) is 5.41. The van der Waals surface area contributed by atoms with Gasteiger partial charge < -0.3 is 14.8 Å². The van der Waals surface area contributed by atoms with E-state index in [4.69, 9.17) is 9.47 Å². The SMILES string of the molecule is Cn1c([C@@H]2CCCN(S(C)(=O)=O)C2)nn(CC(=O)NCc2ccc3c(c2)OCO3)c1=O. The van der Waals surface area contributed by atoms with Gasteiger partial charge in [0.2, 0.25) is 22.7 Å². The first-order valence-corrected chi connectivity index (χ1v) is 11.8. The summed E-state index contributed by atoms with van der Waals surface area (Å²) >= 11 is 0. The van der Waals surface area contributed by atoms with Crippen molar-refractivity contribution in [3.05, 3.63) is 40.1 Å². The Morgan fingerprint density at radius 3 is 2.84 bits per heavy atom. The summed E-state index contributed by atoms with van der Waals surface area (Å²) in [5.41, 5.74) is 0.430. The molecule has 11 nitrogen and oxygen atoms in total. The van der Waals surface area contributed by atoms with Gasteiger partial charge in [-0.2, -0.15) is 5.10 Å². The molecule has 31 heavy (non-hydrogen) atoms. The molecule has 1 saturated heterocycles. The van der Waals surface area contributed by atoms with Crippen molar-refractivity contribution >= 4 is 15.9 Å². The number of sulfonamides is 1. The number of amides is 1. The van der Waals surface area contributed by atoms with Gasteiger partial charge in [-0.3, -0.25) is 9.36 Å². The van der Waals surface area contributed by atoms with E-state index in [1.54, 1.807) is 19.2 Å². The molecular weight excluding hydrogens is 426 g/mol. The van der Waals surface area contributed by atoms with Crippen LogP contribution in [0.3, 0.4) is 0 Å². The zero-order valence-electron chi connectivity index (χ0n) is 17.4. The first-order chi connectivity index (χ1) is 14.7. The lowest BCUT2D eigenvalue weighted by Crippen LogP contribution is -2.39. The summed E-state index contributed by atoms with van der Waals surface area (Å²) in [5.74, 6) is 1.24. The topological polar surface area (TPSA) is 125 Å².